The van der Waals surface area contributed by atoms with Crippen LogP contribution in [0.25, 0.3) is 0 Å². The molecule has 2 aromatic rings. The number of hydrogen-bond acceptors (Lipinski definition) is 5. The number of carbonyl (C=O) groups excluding carboxylic acids is 2. The minimum absolute atomic E-state index is 0.200. The van der Waals surface area contributed by atoms with Gasteiger partial charge in [-0.25, -0.2) is 0 Å². The second-order valence-electron chi connectivity index (χ2n) is 6.61. The highest BCUT2D eigenvalue weighted by molar-refractivity contribution is 7.18. The van der Waals surface area contributed by atoms with E-state index in [1.165, 1.54) is 0 Å². The van der Waals surface area contributed by atoms with Crippen LogP contribution < -0.4 is 11.1 Å². The van der Waals surface area contributed by atoms with Gasteiger partial charge in [0.05, 0.1) is 21.5 Å². The maximum atomic E-state index is 13.2. The van der Waals surface area contributed by atoms with E-state index in [1.54, 1.807) is 0 Å². The number of anilines is 1. The highest BCUT2D eigenvalue weighted by Crippen LogP contribution is 2.44. The third-order valence-corrected chi connectivity index (χ3v) is 6.04. The Morgan fingerprint density at radius 2 is 2.04 bits per heavy atom. The van der Waals surface area contributed by atoms with Crippen LogP contribution in [0.4, 0.5) is 5.00 Å². The summed E-state index contributed by atoms with van der Waals surface area (Å²) in [7, 11) is 0. The molecule has 1 amide bonds. The number of thiophene rings is 1. The Labute approximate surface area is 149 Å². The molecule has 25 heavy (non-hydrogen) atoms. The number of rotatable bonds is 3. The van der Waals surface area contributed by atoms with Crippen molar-refractivity contribution >= 4 is 28.0 Å². The number of nitrogens with one attached hydrogen (secondary N) is 1. The van der Waals surface area contributed by atoms with Gasteiger partial charge in [0, 0.05) is 6.04 Å². The van der Waals surface area contributed by atoms with Gasteiger partial charge in [-0.1, -0.05) is 30.3 Å². The molecule has 1 heterocycles. The molecule has 1 aromatic carbocycles. The highest BCUT2D eigenvalue weighted by atomic mass is 32.1. The van der Waals surface area contributed by atoms with Gasteiger partial charge < -0.3 is 11.1 Å². The van der Waals surface area contributed by atoms with Crippen molar-refractivity contribution in [2.75, 3.05) is 5.73 Å². The number of ketones is 1. The molecule has 6 heteroatoms. The number of benzene rings is 1. The van der Waals surface area contributed by atoms with Crippen molar-refractivity contribution in [3.8, 4) is 6.07 Å². The topological polar surface area (TPSA) is 96.0 Å². The number of hydrogen-bond donors (Lipinski definition) is 2. The summed E-state index contributed by atoms with van der Waals surface area (Å²) in [6.45, 7) is 0. The van der Waals surface area contributed by atoms with E-state index in [0.29, 0.717) is 39.4 Å². The maximum Gasteiger partial charge on any atom is 0.254 e. The molecule has 0 saturated heterocycles. The molecule has 1 fully saturated rings. The zero-order chi connectivity index (χ0) is 17.6. The summed E-state index contributed by atoms with van der Waals surface area (Å²) >= 11 is 1.13. The van der Waals surface area contributed by atoms with Gasteiger partial charge in [-0.3, -0.25) is 9.59 Å². The Hall–Kier alpha value is -2.65. The Kier molecular flexibility index (Phi) is 3.62. The first kappa shape index (κ1) is 15.9. The van der Waals surface area contributed by atoms with E-state index in [2.05, 4.69) is 11.4 Å². The van der Waals surface area contributed by atoms with E-state index in [9.17, 15) is 14.9 Å². The summed E-state index contributed by atoms with van der Waals surface area (Å²) in [6, 6.07) is 11.6. The van der Waals surface area contributed by atoms with Gasteiger partial charge in [0.2, 0.25) is 0 Å². The third kappa shape index (κ3) is 2.43. The molecule has 1 aromatic heterocycles. The van der Waals surface area contributed by atoms with Crippen LogP contribution in [-0.4, -0.2) is 17.7 Å². The summed E-state index contributed by atoms with van der Waals surface area (Å²) in [6.07, 6.45) is 2.83. The highest BCUT2D eigenvalue weighted by Gasteiger charge is 2.47. The van der Waals surface area contributed by atoms with Crippen LogP contribution in [0.15, 0.2) is 30.3 Å². The molecule has 126 valence electrons. The quantitative estimate of drug-likeness (QED) is 0.889. The molecule has 0 bridgehead atoms. The summed E-state index contributed by atoms with van der Waals surface area (Å²) in [5, 5.41) is 13.1. The lowest BCUT2D eigenvalue weighted by atomic mass is 9.69. The fourth-order valence-electron chi connectivity index (χ4n) is 3.43. The lowest BCUT2D eigenvalue weighted by molar-refractivity contribution is 0.0908. The van der Waals surface area contributed by atoms with E-state index >= 15 is 0 Å². The number of Topliss-reactive ketones (excluding diaryl/α,β-unsaturated/α-hetero) is 1. The normalized spacial score (nSPS) is 22.1. The number of amides is 1. The molecule has 0 radical (unpaired) electrons. The molecule has 4 rings (SSSR count). The van der Waals surface area contributed by atoms with Crippen LogP contribution in [0.2, 0.25) is 0 Å². The molecule has 0 unspecified atom stereocenters. The zero-order valence-corrected chi connectivity index (χ0v) is 14.4. The largest absolute Gasteiger partial charge is 0.390 e. The van der Waals surface area contributed by atoms with Crippen LogP contribution in [-0.2, 0) is 11.8 Å². The van der Waals surface area contributed by atoms with Gasteiger partial charge in [0.1, 0.15) is 5.41 Å². The number of nitrogens with two attached hydrogens (primary N) is 1. The van der Waals surface area contributed by atoms with E-state index < -0.39 is 5.41 Å². The van der Waals surface area contributed by atoms with E-state index in [0.717, 1.165) is 24.2 Å². The SMILES string of the molecule is N#C[C@]1(c2ccccc2)CCc2c(sc(N)c2C(=O)NC2CC2)C1=O. The fourth-order valence-corrected chi connectivity index (χ4v) is 4.56. The van der Waals surface area contributed by atoms with Crippen molar-refractivity contribution in [2.24, 2.45) is 0 Å². The predicted octanol–water partition coefficient (Wildman–Crippen LogP) is 2.81. The van der Waals surface area contributed by atoms with Crippen molar-refractivity contribution in [1.29, 1.82) is 5.26 Å². The van der Waals surface area contributed by atoms with Crippen molar-refractivity contribution in [1.82, 2.24) is 5.32 Å². The van der Waals surface area contributed by atoms with Crippen LogP contribution >= 0.6 is 11.3 Å². The summed E-state index contributed by atoms with van der Waals surface area (Å²) in [4.78, 5) is 26.1. The van der Waals surface area contributed by atoms with Crippen LogP contribution in [0.5, 0.6) is 0 Å². The van der Waals surface area contributed by atoms with Gasteiger partial charge >= 0.3 is 0 Å². The summed E-state index contributed by atoms with van der Waals surface area (Å²) in [5.74, 6) is -0.445. The lowest BCUT2D eigenvalue weighted by Crippen LogP contribution is -2.39. The average molecular weight is 351 g/mol. The first-order chi connectivity index (χ1) is 12.1. The van der Waals surface area contributed by atoms with Crippen LogP contribution in [0.1, 0.15) is 50.4 Å². The fraction of sp³-hybridized carbons (Fsp3) is 0.316. The molecule has 3 N–H and O–H groups in total. The van der Waals surface area contributed by atoms with Gasteiger partial charge in [-0.15, -0.1) is 11.3 Å². The molecule has 2 aliphatic carbocycles. The Balaban J connectivity index is 1.77. The number of fused-ring (bicyclic) bond motifs is 1. The van der Waals surface area contributed by atoms with E-state index in [4.69, 9.17) is 5.73 Å². The average Bonchev–Trinajstić information content (AvgIpc) is 3.36. The number of nitriles is 1. The molecular weight excluding hydrogens is 334 g/mol. The minimum atomic E-state index is -1.20. The smallest absolute Gasteiger partial charge is 0.254 e. The van der Waals surface area contributed by atoms with Crippen LogP contribution in [0, 0.1) is 11.3 Å². The van der Waals surface area contributed by atoms with Crippen molar-refractivity contribution < 1.29 is 9.59 Å². The van der Waals surface area contributed by atoms with E-state index in [-0.39, 0.29) is 17.7 Å². The molecule has 0 aliphatic heterocycles. The Morgan fingerprint density at radius 3 is 2.68 bits per heavy atom. The van der Waals surface area contributed by atoms with Gasteiger partial charge in [-0.2, -0.15) is 5.26 Å². The van der Waals surface area contributed by atoms with E-state index in [1.807, 2.05) is 30.3 Å². The first-order valence-electron chi connectivity index (χ1n) is 8.30. The zero-order valence-electron chi connectivity index (χ0n) is 13.5. The van der Waals surface area contributed by atoms with Crippen molar-refractivity contribution in [2.45, 2.75) is 37.1 Å². The second kappa shape index (κ2) is 5.71. The molecule has 0 spiro atoms. The minimum Gasteiger partial charge on any atom is -0.390 e. The monoisotopic (exact) mass is 351 g/mol. The third-order valence-electron chi connectivity index (χ3n) is 4.98. The predicted molar refractivity (Wildman–Crippen MR) is 95.6 cm³/mol. The molecule has 1 saturated carbocycles. The maximum absolute atomic E-state index is 13.2. The molecular formula is C19H17N3O2S. The standard InChI is InChI=1S/C19H17N3O2S/c20-10-19(11-4-2-1-3-5-11)9-8-13-14(18(24)22-12-6-7-12)17(21)25-15(13)16(19)23/h1-5,12H,6-9,21H2,(H,22,24)/t19-/m0/s1. The van der Waals surface area contributed by atoms with Crippen molar-refractivity contribution in [3.05, 3.63) is 51.9 Å². The van der Waals surface area contributed by atoms with Gasteiger partial charge in [0.25, 0.3) is 5.91 Å². The number of carbonyl (C=O) groups is 2. The number of nitrogen functional groups attached to an aromatic ring is 1. The molecule has 5 nitrogen and oxygen atoms in total. The van der Waals surface area contributed by atoms with Crippen LogP contribution in [0.3, 0.4) is 0 Å². The lowest BCUT2D eigenvalue weighted by Gasteiger charge is -2.29. The molecule has 1 atom stereocenters. The Morgan fingerprint density at radius 1 is 1.32 bits per heavy atom. The second-order valence-corrected chi connectivity index (χ2v) is 7.66. The first-order valence-corrected chi connectivity index (χ1v) is 9.12. The Bertz CT molecular complexity index is 909. The summed E-state index contributed by atoms with van der Waals surface area (Å²) in [5.41, 5.74) is 6.70. The van der Waals surface area contributed by atoms with Gasteiger partial charge in [0.15, 0.2) is 5.78 Å². The van der Waals surface area contributed by atoms with Gasteiger partial charge in [-0.05, 0) is 36.8 Å². The summed E-state index contributed by atoms with van der Waals surface area (Å²) < 4.78 is 0. The molecule has 2 aliphatic rings. The number of nitrogens with zero attached hydrogens (tertiary/aromatic N) is 1. The van der Waals surface area contributed by atoms with Crippen molar-refractivity contribution in [3.63, 3.8) is 0 Å².